The van der Waals surface area contributed by atoms with E-state index in [1.54, 1.807) is 0 Å². The van der Waals surface area contributed by atoms with Crippen LogP contribution in [0.5, 0.6) is 0 Å². The van der Waals surface area contributed by atoms with E-state index in [9.17, 15) is 9.00 Å². The van der Waals surface area contributed by atoms with E-state index in [-0.39, 0.29) is 5.75 Å². The van der Waals surface area contributed by atoms with Crippen LogP contribution < -0.4 is 5.73 Å². The van der Waals surface area contributed by atoms with E-state index < -0.39 is 22.8 Å². The lowest BCUT2D eigenvalue weighted by Gasteiger charge is -2.06. The average Bonchev–Trinajstić information content (AvgIpc) is 2.55. The van der Waals surface area contributed by atoms with Crippen molar-refractivity contribution in [1.29, 1.82) is 0 Å². The van der Waals surface area contributed by atoms with Gasteiger partial charge >= 0.3 is 5.97 Å². The van der Waals surface area contributed by atoms with Gasteiger partial charge < -0.3 is 10.8 Å². The summed E-state index contributed by atoms with van der Waals surface area (Å²) in [5.41, 5.74) is 5.27. The number of carboxylic acids is 1. The molecule has 1 rings (SSSR count). The fourth-order valence-corrected chi connectivity index (χ4v) is 2.55. The smallest absolute Gasteiger partial charge is 0.321 e. The molecule has 1 aliphatic carbocycles. The Labute approximate surface area is 79.3 Å². The topological polar surface area (TPSA) is 80.4 Å². The second-order valence-electron chi connectivity index (χ2n) is 3.02. The Morgan fingerprint density at radius 2 is 2.46 bits per heavy atom. The van der Waals surface area contributed by atoms with Crippen molar-refractivity contribution in [3.63, 3.8) is 0 Å². The zero-order valence-corrected chi connectivity index (χ0v) is 8.05. The summed E-state index contributed by atoms with van der Waals surface area (Å²) in [6.07, 6.45) is 4.70. The molecule has 0 aromatic carbocycles. The van der Waals surface area contributed by atoms with Gasteiger partial charge in [-0.1, -0.05) is 6.08 Å². The molecule has 0 saturated carbocycles. The Kier molecular flexibility index (Phi) is 3.62. The number of allylic oxidation sites excluding steroid dienone is 2. The Balaban J connectivity index is 2.45. The van der Waals surface area contributed by atoms with Crippen LogP contribution in [0.25, 0.3) is 0 Å². The molecule has 0 radical (unpaired) electrons. The van der Waals surface area contributed by atoms with E-state index in [2.05, 4.69) is 0 Å². The largest absolute Gasteiger partial charge is 0.480 e. The summed E-state index contributed by atoms with van der Waals surface area (Å²) in [5.74, 6) is -1.06. The van der Waals surface area contributed by atoms with Gasteiger partial charge in [-0.05, 0) is 19.3 Å². The number of hydrogen-bond acceptors (Lipinski definition) is 3. The molecule has 0 aromatic heterocycles. The molecule has 0 spiro atoms. The van der Waals surface area contributed by atoms with Crippen LogP contribution in [0.3, 0.4) is 0 Å². The first-order chi connectivity index (χ1) is 6.11. The molecule has 13 heavy (non-hydrogen) atoms. The minimum atomic E-state index is -1.19. The summed E-state index contributed by atoms with van der Waals surface area (Å²) in [5, 5.41) is 8.49. The monoisotopic (exact) mass is 203 g/mol. The van der Waals surface area contributed by atoms with Crippen molar-refractivity contribution >= 4 is 16.8 Å². The predicted octanol–water partition coefficient (Wildman–Crippen LogP) is 0.215. The molecule has 4 nitrogen and oxygen atoms in total. The molecule has 0 saturated heterocycles. The van der Waals surface area contributed by atoms with E-state index in [1.807, 2.05) is 6.08 Å². The molecule has 0 bridgehead atoms. The molecule has 74 valence electrons. The van der Waals surface area contributed by atoms with Crippen molar-refractivity contribution < 1.29 is 14.1 Å². The predicted molar refractivity (Wildman–Crippen MR) is 50.6 cm³/mol. The van der Waals surface area contributed by atoms with Crippen LogP contribution in [-0.2, 0) is 15.6 Å². The van der Waals surface area contributed by atoms with Gasteiger partial charge in [-0.3, -0.25) is 9.00 Å². The lowest BCUT2D eigenvalue weighted by Crippen LogP contribution is -2.35. The van der Waals surface area contributed by atoms with Crippen LogP contribution in [0.15, 0.2) is 11.0 Å². The number of carbonyl (C=O) groups is 1. The third-order valence-electron chi connectivity index (χ3n) is 1.94. The maximum absolute atomic E-state index is 11.5. The van der Waals surface area contributed by atoms with E-state index in [1.165, 1.54) is 0 Å². The van der Waals surface area contributed by atoms with Crippen molar-refractivity contribution in [2.45, 2.75) is 25.3 Å². The van der Waals surface area contributed by atoms with Crippen molar-refractivity contribution in [3.8, 4) is 0 Å². The lowest BCUT2D eigenvalue weighted by atomic mass is 10.4. The second-order valence-corrected chi connectivity index (χ2v) is 4.57. The van der Waals surface area contributed by atoms with Gasteiger partial charge in [0.25, 0.3) is 0 Å². The van der Waals surface area contributed by atoms with Crippen molar-refractivity contribution in [3.05, 3.63) is 11.0 Å². The molecule has 2 atom stereocenters. The lowest BCUT2D eigenvalue weighted by molar-refractivity contribution is -0.137. The van der Waals surface area contributed by atoms with Gasteiger partial charge in [0.05, 0.1) is 16.6 Å². The van der Waals surface area contributed by atoms with Crippen molar-refractivity contribution in [2.24, 2.45) is 5.73 Å². The van der Waals surface area contributed by atoms with Crippen LogP contribution in [0.1, 0.15) is 19.3 Å². The summed E-state index contributed by atoms with van der Waals surface area (Å²) in [6.45, 7) is 0. The minimum absolute atomic E-state index is 0.0289. The Morgan fingerprint density at radius 1 is 1.77 bits per heavy atom. The van der Waals surface area contributed by atoms with Gasteiger partial charge in [0.1, 0.15) is 6.04 Å². The number of carboxylic acid groups (broad SMARTS) is 1. The Bertz CT molecular complexity index is 262. The maximum atomic E-state index is 11.5. The molecule has 0 amide bonds. The number of nitrogens with two attached hydrogens (primary N) is 1. The summed E-state index contributed by atoms with van der Waals surface area (Å²) in [6, 6.07) is -1.01. The maximum Gasteiger partial charge on any atom is 0.321 e. The van der Waals surface area contributed by atoms with Crippen LogP contribution in [0.4, 0.5) is 0 Å². The Morgan fingerprint density at radius 3 is 2.92 bits per heavy atom. The fourth-order valence-electron chi connectivity index (χ4n) is 1.19. The second kappa shape index (κ2) is 4.53. The van der Waals surface area contributed by atoms with Crippen LogP contribution >= 0.6 is 0 Å². The first-order valence-electron chi connectivity index (χ1n) is 4.17. The van der Waals surface area contributed by atoms with E-state index in [0.717, 1.165) is 24.2 Å². The quantitative estimate of drug-likeness (QED) is 0.684. The molecule has 0 heterocycles. The van der Waals surface area contributed by atoms with Gasteiger partial charge in [0, 0.05) is 4.91 Å². The van der Waals surface area contributed by atoms with Gasteiger partial charge in [-0.2, -0.15) is 0 Å². The van der Waals surface area contributed by atoms with E-state index >= 15 is 0 Å². The van der Waals surface area contributed by atoms with E-state index in [4.69, 9.17) is 10.8 Å². The highest BCUT2D eigenvalue weighted by atomic mass is 32.2. The SMILES string of the molecule is NC(CS(=O)C1=CCCC1)C(=O)O. The molecular formula is C8H13NO3S. The highest BCUT2D eigenvalue weighted by Crippen LogP contribution is 2.20. The first-order valence-corrected chi connectivity index (χ1v) is 5.49. The average molecular weight is 203 g/mol. The molecule has 0 aromatic rings. The van der Waals surface area contributed by atoms with Gasteiger partial charge in [0.2, 0.25) is 0 Å². The summed E-state index contributed by atoms with van der Waals surface area (Å²) < 4.78 is 11.5. The molecule has 0 fully saturated rings. The zero-order chi connectivity index (χ0) is 9.84. The molecule has 0 aliphatic heterocycles. The number of aliphatic carboxylic acids is 1. The highest BCUT2D eigenvalue weighted by molar-refractivity contribution is 7.89. The van der Waals surface area contributed by atoms with Crippen LogP contribution in [0.2, 0.25) is 0 Å². The fraction of sp³-hybridized carbons (Fsp3) is 0.625. The molecule has 3 N–H and O–H groups in total. The third-order valence-corrected chi connectivity index (χ3v) is 3.56. The zero-order valence-electron chi connectivity index (χ0n) is 7.23. The van der Waals surface area contributed by atoms with Crippen LogP contribution in [0, 0.1) is 0 Å². The van der Waals surface area contributed by atoms with Crippen LogP contribution in [-0.4, -0.2) is 27.1 Å². The summed E-state index contributed by atoms with van der Waals surface area (Å²) in [7, 11) is -1.19. The number of hydrogen-bond donors (Lipinski definition) is 2. The van der Waals surface area contributed by atoms with E-state index in [0.29, 0.717) is 0 Å². The normalized spacial score (nSPS) is 20.8. The van der Waals surface area contributed by atoms with Gasteiger partial charge in [0.15, 0.2) is 0 Å². The van der Waals surface area contributed by atoms with Gasteiger partial charge in [-0.15, -0.1) is 0 Å². The molecule has 1 aliphatic rings. The van der Waals surface area contributed by atoms with Crippen molar-refractivity contribution in [2.75, 3.05) is 5.75 Å². The third kappa shape index (κ3) is 2.93. The van der Waals surface area contributed by atoms with Crippen molar-refractivity contribution in [1.82, 2.24) is 0 Å². The van der Waals surface area contributed by atoms with Gasteiger partial charge in [-0.25, -0.2) is 0 Å². The summed E-state index contributed by atoms with van der Waals surface area (Å²) in [4.78, 5) is 11.2. The minimum Gasteiger partial charge on any atom is -0.480 e. The molecule has 5 heteroatoms. The standard InChI is InChI=1S/C8H13NO3S/c9-7(8(10)11)5-13(12)6-3-1-2-4-6/h3,7H,1-2,4-5,9H2,(H,10,11). The molecular weight excluding hydrogens is 190 g/mol. The highest BCUT2D eigenvalue weighted by Gasteiger charge is 2.19. The first kappa shape index (κ1) is 10.4. The summed E-state index contributed by atoms with van der Waals surface area (Å²) >= 11 is 0. The number of rotatable bonds is 4. The molecule has 2 unspecified atom stereocenters. The Hall–Kier alpha value is -0.680.